The standard InChI is InChI=1S/C19H26ClN5OS/c1-21-19(22-11-18(27-3)14-5-4-6-16(20)9-14)25-7-8-26-17(13-25)15-10-23-24(2)12-15/h4-6,9-10,12,17-18H,7-8,11,13H2,1-3H3,(H,21,22). The maximum absolute atomic E-state index is 6.15. The van der Waals surface area contributed by atoms with Gasteiger partial charge in [-0.1, -0.05) is 23.7 Å². The molecule has 1 N–H and O–H groups in total. The molecule has 8 heteroatoms. The normalized spacial score (nSPS) is 19.2. The predicted octanol–water partition coefficient (Wildman–Crippen LogP) is 3.13. The number of aromatic nitrogens is 2. The quantitative estimate of drug-likeness (QED) is 0.609. The molecule has 0 bridgehead atoms. The van der Waals surface area contributed by atoms with Crippen molar-refractivity contribution in [2.24, 2.45) is 12.0 Å². The summed E-state index contributed by atoms with van der Waals surface area (Å²) in [6, 6.07) is 8.04. The van der Waals surface area contributed by atoms with Crippen molar-refractivity contribution in [2.45, 2.75) is 11.4 Å². The Kier molecular flexibility index (Phi) is 7.04. The summed E-state index contributed by atoms with van der Waals surface area (Å²) in [5, 5.41) is 8.84. The highest BCUT2D eigenvalue weighted by atomic mass is 35.5. The minimum atomic E-state index is 0.00952. The van der Waals surface area contributed by atoms with E-state index in [-0.39, 0.29) is 6.10 Å². The van der Waals surface area contributed by atoms with Gasteiger partial charge in [0.2, 0.25) is 0 Å². The molecule has 0 saturated carbocycles. The molecular weight excluding hydrogens is 382 g/mol. The molecule has 1 saturated heterocycles. The average Bonchev–Trinajstić information content (AvgIpc) is 3.12. The Hall–Kier alpha value is -1.70. The number of thioether (sulfide) groups is 1. The van der Waals surface area contributed by atoms with Crippen molar-refractivity contribution in [2.75, 3.05) is 39.5 Å². The highest BCUT2D eigenvalue weighted by Gasteiger charge is 2.25. The highest BCUT2D eigenvalue weighted by Crippen LogP contribution is 2.28. The fourth-order valence-electron chi connectivity index (χ4n) is 3.21. The molecule has 6 nitrogen and oxygen atoms in total. The van der Waals surface area contributed by atoms with Crippen molar-refractivity contribution < 1.29 is 4.74 Å². The van der Waals surface area contributed by atoms with E-state index in [0.29, 0.717) is 11.9 Å². The van der Waals surface area contributed by atoms with Crippen LogP contribution >= 0.6 is 23.4 Å². The van der Waals surface area contributed by atoms with Crippen LogP contribution in [0.3, 0.4) is 0 Å². The van der Waals surface area contributed by atoms with E-state index in [2.05, 4.69) is 32.6 Å². The Labute approximate surface area is 169 Å². The molecule has 1 aromatic carbocycles. The van der Waals surface area contributed by atoms with Crippen LogP contribution in [-0.4, -0.2) is 60.2 Å². The first-order valence-electron chi connectivity index (χ1n) is 8.94. The minimum absolute atomic E-state index is 0.00952. The maximum Gasteiger partial charge on any atom is 0.193 e. The Morgan fingerprint density at radius 1 is 1.52 bits per heavy atom. The molecular formula is C19H26ClN5OS. The zero-order valence-electron chi connectivity index (χ0n) is 15.9. The summed E-state index contributed by atoms with van der Waals surface area (Å²) < 4.78 is 7.74. The van der Waals surface area contributed by atoms with Crippen LogP contribution in [0.2, 0.25) is 5.02 Å². The lowest BCUT2D eigenvalue weighted by Gasteiger charge is -2.35. The van der Waals surface area contributed by atoms with E-state index in [1.165, 1.54) is 5.56 Å². The molecule has 2 heterocycles. The molecule has 2 atom stereocenters. The molecule has 0 aliphatic carbocycles. The van der Waals surface area contributed by atoms with Gasteiger partial charge in [0.1, 0.15) is 6.10 Å². The van der Waals surface area contributed by atoms with Gasteiger partial charge in [-0.05, 0) is 24.0 Å². The molecule has 3 rings (SSSR count). The summed E-state index contributed by atoms with van der Waals surface area (Å²) in [5.74, 6) is 0.897. The van der Waals surface area contributed by atoms with Gasteiger partial charge in [-0.15, -0.1) is 0 Å². The third kappa shape index (κ3) is 5.18. The van der Waals surface area contributed by atoms with Gasteiger partial charge in [-0.3, -0.25) is 9.67 Å². The second-order valence-corrected chi connectivity index (χ2v) is 7.94. The Bertz CT molecular complexity index is 781. The number of nitrogens with one attached hydrogen (secondary N) is 1. The molecule has 1 aliphatic heterocycles. The van der Waals surface area contributed by atoms with Gasteiger partial charge in [-0.2, -0.15) is 16.9 Å². The van der Waals surface area contributed by atoms with Crippen LogP contribution in [-0.2, 0) is 11.8 Å². The second kappa shape index (κ2) is 9.48. The third-order valence-corrected chi connectivity index (χ3v) is 5.87. The molecule has 1 aromatic heterocycles. The van der Waals surface area contributed by atoms with Crippen LogP contribution in [0.25, 0.3) is 0 Å². The smallest absolute Gasteiger partial charge is 0.193 e. The van der Waals surface area contributed by atoms with Gasteiger partial charge >= 0.3 is 0 Å². The zero-order chi connectivity index (χ0) is 19.2. The predicted molar refractivity (Wildman–Crippen MR) is 113 cm³/mol. The van der Waals surface area contributed by atoms with Crippen molar-refractivity contribution in [3.05, 3.63) is 52.8 Å². The van der Waals surface area contributed by atoms with Crippen molar-refractivity contribution in [3.63, 3.8) is 0 Å². The van der Waals surface area contributed by atoms with E-state index in [4.69, 9.17) is 16.3 Å². The van der Waals surface area contributed by atoms with Crippen LogP contribution in [0.1, 0.15) is 22.5 Å². The molecule has 2 unspecified atom stereocenters. The fraction of sp³-hybridized carbons (Fsp3) is 0.474. The van der Waals surface area contributed by atoms with Gasteiger partial charge in [0.15, 0.2) is 5.96 Å². The summed E-state index contributed by atoms with van der Waals surface area (Å²) in [4.78, 5) is 6.73. The number of guanidine groups is 1. The van der Waals surface area contributed by atoms with Gasteiger partial charge in [0.25, 0.3) is 0 Å². The molecule has 1 fully saturated rings. The van der Waals surface area contributed by atoms with E-state index < -0.39 is 0 Å². The lowest BCUT2D eigenvalue weighted by atomic mass is 10.1. The molecule has 0 amide bonds. The first-order valence-corrected chi connectivity index (χ1v) is 10.6. The minimum Gasteiger partial charge on any atom is -0.370 e. The second-order valence-electron chi connectivity index (χ2n) is 6.46. The monoisotopic (exact) mass is 407 g/mol. The van der Waals surface area contributed by atoms with Crippen molar-refractivity contribution in [3.8, 4) is 0 Å². The fourth-order valence-corrected chi connectivity index (χ4v) is 4.08. The zero-order valence-corrected chi connectivity index (χ0v) is 17.5. The Morgan fingerprint density at radius 2 is 2.37 bits per heavy atom. The molecule has 27 heavy (non-hydrogen) atoms. The molecule has 146 valence electrons. The lowest BCUT2D eigenvalue weighted by Crippen LogP contribution is -2.48. The topological polar surface area (TPSA) is 54.7 Å². The molecule has 1 aliphatic rings. The number of hydrogen-bond donors (Lipinski definition) is 1. The van der Waals surface area contributed by atoms with Gasteiger partial charge in [0, 0.05) is 49.2 Å². The largest absolute Gasteiger partial charge is 0.370 e. The average molecular weight is 408 g/mol. The number of aryl methyl sites for hydroxylation is 1. The number of ether oxygens (including phenoxy) is 1. The number of benzene rings is 1. The molecule has 0 spiro atoms. The van der Waals surface area contributed by atoms with E-state index in [0.717, 1.165) is 36.2 Å². The number of nitrogens with zero attached hydrogens (tertiary/aromatic N) is 4. The SMILES string of the molecule is CN=C(NCC(SC)c1cccc(Cl)c1)N1CCOC(c2cnn(C)c2)C1. The van der Waals surface area contributed by atoms with Crippen molar-refractivity contribution >= 4 is 29.3 Å². The summed E-state index contributed by atoms with van der Waals surface area (Å²) in [7, 11) is 3.74. The first kappa shape index (κ1) is 20.0. The summed E-state index contributed by atoms with van der Waals surface area (Å²) in [5.41, 5.74) is 2.31. The van der Waals surface area contributed by atoms with Gasteiger partial charge in [-0.25, -0.2) is 0 Å². The summed E-state index contributed by atoms with van der Waals surface area (Å²) in [6.45, 7) is 3.02. The summed E-state index contributed by atoms with van der Waals surface area (Å²) >= 11 is 7.95. The van der Waals surface area contributed by atoms with Gasteiger partial charge in [0.05, 0.1) is 19.3 Å². The van der Waals surface area contributed by atoms with Crippen molar-refractivity contribution in [1.29, 1.82) is 0 Å². The van der Waals surface area contributed by atoms with E-state index >= 15 is 0 Å². The van der Waals surface area contributed by atoms with E-state index in [9.17, 15) is 0 Å². The van der Waals surface area contributed by atoms with Crippen LogP contribution in [0.4, 0.5) is 0 Å². The number of hydrogen-bond acceptors (Lipinski definition) is 4. The van der Waals surface area contributed by atoms with Gasteiger partial charge < -0.3 is 15.0 Å². The maximum atomic E-state index is 6.15. The third-order valence-electron chi connectivity index (χ3n) is 4.62. The Morgan fingerprint density at radius 3 is 3.04 bits per heavy atom. The van der Waals surface area contributed by atoms with Crippen LogP contribution in [0, 0.1) is 0 Å². The highest BCUT2D eigenvalue weighted by molar-refractivity contribution is 7.98. The number of morpholine rings is 1. The number of halogens is 1. The van der Waals surface area contributed by atoms with Crippen molar-refractivity contribution in [1.82, 2.24) is 20.0 Å². The molecule has 0 radical (unpaired) electrons. The van der Waals surface area contributed by atoms with E-state index in [1.807, 2.05) is 44.7 Å². The lowest BCUT2D eigenvalue weighted by molar-refractivity contribution is -0.00801. The number of rotatable bonds is 5. The Balaban J connectivity index is 1.62. The van der Waals surface area contributed by atoms with Crippen LogP contribution in [0.15, 0.2) is 41.7 Å². The van der Waals surface area contributed by atoms with E-state index in [1.54, 1.807) is 16.4 Å². The molecule has 2 aromatic rings. The van der Waals surface area contributed by atoms with Crippen LogP contribution < -0.4 is 5.32 Å². The number of aliphatic imine (C=N–C) groups is 1. The summed E-state index contributed by atoms with van der Waals surface area (Å²) in [6.07, 6.45) is 6.00. The van der Waals surface area contributed by atoms with Crippen LogP contribution in [0.5, 0.6) is 0 Å². The first-order chi connectivity index (χ1) is 13.1.